The van der Waals surface area contributed by atoms with E-state index < -0.39 is 8.03 Å². The Labute approximate surface area is 124 Å². The molecule has 1 rings (SSSR count). The molecule has 0 saturated carbocycles. The second-order valence-electron chi connectivity index (χ2n) is 5.16. The molecule has 0 spiro atoms. The molecule has 0 heterocycles. The monoisotopic (exact) mass is 294 g/mol. The van der Waals surface area contributed by atoms with E-state index in [0.29, 0.717) is 12.5 Å². The number of hydrogen-bond donors (Lipinski definition) is 0. The summed E-state index contributed by atoms with van der Waals surface area (Å²) < 4.78 is 18.0. The number of rotatable bonds is 10. The van der Waals surface area contributed by atoms with Gasteiger partial charge in [0.2, 0.25) is 8.03 Å². The van der Waals surface area contributed by atoms with E-state index >= 15 is 0 Å². The van der Waals surface area contributed by atoms with Gasteiger partial charge in [0.15, 0.2) is 0 Å². The Hall–Kier alpha value is -0.850. The van der Waals surface area contributed by atoms with Gasteiger partial charge < -0.3 is 4.52 Å². The minimum Gasteiger partial charge on any atom is -0.327 e. The van der Waals surface area contributed by atoms with Crippen molar-refractivity contribution in [2.24, 2.45) is 5.92 Å². The zero-order chi connectivity index (χ0) is 14.8. The molecule has 20 heavy (non-hydrogen) atoms. The molecule has 0 aromatic heterocycles. The Balaban J connectivity index is 2.59. The van der Waals surface area contributed by atoms with Crippen molar-refractivity contribution in [3.8, 4) is 0 Å². The van der Waals surface area contributed by atoms with Gasteiger partial charge in [-0.2, -0.15) is 0 Å². The lowest BCUT2D eigenvalue weighted by Gasteiger charge is -2.15. The first-order valence-corrected chi connectivity index (χ1v) is 8.90. The number of unbranched alkanes of at least 4 members (excludes halogenated alkanes) is 1. The molecule has 2 nitrogen and oxygen atoms in total. The molecule has 0 fully saturated rings. The molecule has 112 valence electrons. The minimum absolute atomic E-state index is 0.524. The van der Waals surface area contributed by atoms with Gasteiger partial charge in [-0.3, -0.25) is 4.57 Å². The maximum atomic E-state index is 12.4. The van der Waals surface area contributed by atoms with E-state index in [2.05, 4.69) is 20.4 Å². The van der Waals surface area contributed by atoms with Crippen LogP contribution in [0.3, 0.4) is 0 Å². The van der Waals surface area contributed by atoms with Gasteiger partial charge in [0.25, 0.3) is 0 Å². The normalized spacial score (nSPS) is 13.9. The highest BCUT2D eigenvalue weighted by Gasteiger charge is 2.12. The molecule has 0 amide bonds. The van der Waals surface area contributed by atoms with Crippen molar-refractivity contribution in [2.45, 2.75) is 46.0 Å². The third-order valence-electron chi connectivity index (χ3n) is 3.59. The summed E-state index contributed by atoms with van der Waals surface area (Å²) in [5.74, 6) is 0.524. The Morgan fingerprint density at radius 1 is 1.35 bits per heavy atom. The van der Waals surface area contributed by atoms with E-state index in [-0.39, 0.29) is 0 Å². The first kappa shape index (κ1) is 17.2. The fourth-order valence-electron chi connectivity index (χ4n) is 2.22. The van der Waals surface area contributed by atoms with Gasteiger partial charge in [0, 0.05) is 5.30 Å². The zero-order valence-corrected chi connectivity index (χ0v) is 13.7. The molecular weight excluding hydrogens is 267 g/mol. The first-order chi connectivity index (χ1) is 9.72. The molecule has 0 radical (unpaired) electrons. The van der Waals surface area contributed by atoms with Crippen molar-refractivity contribution in [1.82, 2.24) is 0 Å². The third kappa shape index (κ3) is 5.64. The van der Waals surface area contributed by atoms with Gasteiger partial charge in [-0.05, 0) is 30.4 Å². The van der Waals surface area contributed by atoms with E-state index in [1.54, 1.807) is 0 Å². The Kier molecular flexibility index (Phi) is 8.57. The molecule has 0 aliphatic carbocycles. The molecule has 1 aromatic carbocycles. The van der Waals surface area contributed by atoms with Crippen molar-refractivity contribution >= 4 is 13.3 Å². The highest BCUT2D eigenvalue weighted by molar-refractivity contribution is 7.48. The van der Waals surface area contributed by atoms with Crippen LogP contribution in [0, 0.1) is 5.92 Å². The summed E-state index contributed by atoms with van der Waals surface area (Å²) in [4.78, 5) is 0. The molecule has 0 aliphatic heterocycles. The van der Waals surface area contributed by atoms with Crippen LogP contribution in [0.2, 0.25) is 0 Å². The predicted molar refractivity (Wildman–Crippen MR) is 88.2 cm³/mol. The average molecular weight is 294 g/mol. The average Bonchev–Trinajstić information content (AvgIpc) is 2.48. The summed E-state index contributed by atoms with van der Waals surface area (Å²) in [6, 6.07) is 7.79. The van der Waals surface area contributed by atoms with Crippen LogP contribution >= 0.6 is 8.03 Å². The standard InChI is InChI=1S/C17H27O2P/c1-4-7-11-15(6-3)14-19-20(18)17-13-9-8-12-16(17)10-5-2/h5,8-9,12-13,15,20H,2,4,6-7,10-11,14H2,1,3H3. The molecular formula is C17H27O2P. The van der Waals surface area contributed by atoms with Crippen LogP contribution in [0.15, 0.2) is 36.9 Å². The predicted octanol–water partition coefficient (Wildman–Crippen LogP) is 4.75. The van der Waals surface area contributed by atoms with E-state index in [1.165, 1.54) is 12.8 Å². The van der Waals surface area contributed by atoms with Crippen molar-refractivity contribution in [3.05, 3.63) is 42.5 Å². The highest BCUT2D eigenvalue weighted by atomic mass is 31.1. The summed E-state index contributed by atoms with van der Waals surface area (Å²) in [5.41, 5.74) is 1.06. The SMILES string of the molecule is C=CCc1ccccc1[PH](=O)OCC(CC)CCCC. The first-order valence-electron chi connectivity index (χ1n) is 7.58. The van der Waals surface area contributed by atoms with Gasteiger partial charge in [-0.15, -0.1) is 6.58 Å². The minimum atomic E-state index is -2.15. The zero-order valence-electron chi connectivity index (χ0n) is 12.7. The molecule has 2 unspecified atom stereocenters. The fraction of sp³-hybridized carbons (Fsp3) is 0.529. The van der Waals surface area contributed by atoms with E-state index in [1.807, 2.05) is 30.3 Å². The van der Waals surface area contributed by atoms with Crippen molar-refractivity contribution < 1.29 is 9.09 Å². The molecule has 2 atom stereocenters. The van der Waals surface area contributed by atoms with Gasteiger partial charge in [-0.1, -0.05) is 57.4 Å². The van der Waals surface area contributed by atoms with E-state index in [9.17, 15) is 4.57 Å². The molecule has 3 heteroatoms. The summed E-state index contributed by atoms with van der Waals surface area (Å²) >= 11 is 0. The Morgan fingerprint density at radius 3 is 2.75 bits per heavy atom. The van der Waals surface area contributed by atoms with Crippen LogP contribution in [0.4, 0.5) is 0 Å². The van der Waals surface area contributed by atoms with E-state index in [0.717, 1.165) is 30.1 Å². The fourth-order valence-corrected chi connectivity index (χ4v) is 3.44. The summed E-state index contributed by atoms with van der Waals surface area (Å²) in [7, 11) is -2.15. The topological polar surface area (TPSA) is 26.3 Å². The molecule has 0 N–H and O–H groups in total. The lowest BCUT2D eigenvalue weighted by molar-refractivity contribution is 0.247. The van der Waals surface area contributed by atoms with E-state index in [4.69, 9.17) is 4.52 Å². The van der Waals surface area contributed by atoms with Gasteiger partial charge >= 0.3 is 0 Å². The van der Waals surface area contributed by atoms with Gasteiger partial charge in [0.1, 0.15) is 0 Å². The largest absolute Gasteiger partial charge is 0.327 e. The van der Waals surface area contributed by atoms with Gasteiger partial charge in [0.05, 0.1) is 6.61 Å². The second-order valence-corrected chi connectivity index (χ2v) is 6.57. The smallest absolute Gasteiger partial charge is 0.220 e. The summed E-state index contributed by atoms with van der Waals surface area (Å²) in [6.45, 7) is 8.72. The maximum absolute atomic E-state index is 12.4. The Bertz CT molecular complexity index is 429. The molecule has 0 aliphatic rings. The lowest BCUT2D eigenvalue weighted by Crippen LogP contribution is -2.10. The van der Waals surface area contributed by atoms with Crippen LogP contribution in [-0.2, 0) is 15.5 Å². The molecule has 0 bridgehead atoms. The van der Waals surface area contributed by atoms with Crippen LogP contribution in [0.25, 0.3) is 0 Å². The second kappa shape index (κ2) is 9.96. The third-order valence-corrected chi connectivity index (χ3v) is 4.95. The quantitative estimate of drug-likeness (QED) is 0.460. The number of hydrogen-bond acceptors (Lipinski definition) is 2. The van der Waals surface area contributed by atoms with Gasteiger partial charge in [-0.25, -0.2) is 0 Å². The van der Waals surface area contributed by atoms with Crippen LogP contribution in [0.5, 0.6) is 0 Å². The van der Waals surface area contributed by atoms with Crippen LogP contribution in [0.1, 0.15) is 45.1 Å². The Morgan fingerprint density at radius 2 is 2.10 bits per heavy atom. The molecule has 1 aromatic rings. The number of benzene rings is 1. The summed E-state index contributed by atoms with van der Waals surface area (Å²) in [6.07, 6.45) is 7.25. The molecule has 0 saturated heterocycles. The van der Waals surface area contributed by atoms with Crippen LogP contribution < -0.4 is 5.30 Å². The maximum Gasteiger partial charge on any atom is 0.220 e. The lowest BCUT2D eigenvalue weighted by atomic mass is 10.0. The van der Waals surface area contributed by atoms with Crippen LogP contribution in [-0.4, -0.2) is 6.61 Å². The van der Waals surface area contributed by atoms with Crippen molar-refractivity contribution in [3.63, 3.8) is 0 Å². The highest BCUT2D eigenvalue weighted by Crippen LogP contribution is 2.26. The summed E-state index contributed by atoms with van der Waals surface area (Å²) in [5, 5.41) is 0.850. The van der Waals surface area contributed by atoms with Crippen molar-refractivity contribution in [2.75, 3.05) is 6.61 Å². The van der Waals surface area contributed by atoms with Crippen molar-refractivity contribution in [1.29, 1.82) is 0 Å². The number of allylic oxidation sites excluding steroid dienone is 1.